The van der Waals surface area contributed by atoms with Gasteiger partial charge < -0.3 is 42.0 Å². The van der Waals surface area contributed by atoms with Gasteiger partial charge in [-0.25, -0.2) is 0 Å². The average molecular weight is 505 g/mol. The van der Waals surface area contributed by atoms with Crippen LogP contribution in [-0.4, -0.2) is 80.6 Å². The number of para-hydroxylation sites is 1. The highest BCUT2D eigenvalue weighted by Crippen LogP contribution is 2.18. The summed E-state index contributed by atoms with van der Waals surface area (Å²) in [5, 5.41) is 34.0. The highest BCUT2D eigenvalue weighted by atomic mass is 16.4. The molecule has 1 aromatic heterocycles. The molecule has 0 saturated heterocycles. The van der Waals surface area contributed by atoms with E-state index in [9.17, 15) is 28.8 Å². The van der Waals surface area contributed by atoms with Crippen molar-refractivity contribution in [2.45, 2.75) is 43.8 Å². The summed E-state index contributed by atoms with van der Waals surface area (Å²) in [6.45, 7) is -0.813. The molecule has 194 valence electrons. The molecule has 3 unspecified atom stereocenters. The Balaban J connectivity index is 2.11. The van der Waals surface area contributed by atoms with E-state index in [1.54, 1.807) is 6.20 Å². The Hall–Kier alpha value is -4.46. The second kappa shape index (κ2) is 12.9. The van der Waals surface area contributed by atoms with E-state index in [-0.39, 0.29) is 12.8 Å². The van der Waals surface area contributed by atoms with E-state index < -0.39 is 73.1 Å². The maximum absolute atomic E-state index is 12.8. The van der Waals surface area contributed by atoms with Crippen molar-refractivity contribution in [1.29, 1.82) is 0 Å². The standard InChI is InChI=1S/C22H27N5O9/c23-13(7-11-9-24-14-4-2-1-3-12(11)14)20(34)26-15(5-6-17(28)29)22(36)27-16(8-18(30)31)21(35)25-10-19(32)33/h1-4,9,13,15-16,24H,5-8,10,23H2,(H,25,35)(H,26,34)(H,27,36)(H,28,29)(H,30,31)(H,32,33). The summed E-state index contributed by atoms with van der Waals surface area (Å²) < 4.78 is 0. The minimum atomic E-state index is -1.67. The number of benzene rings is 1. The molecule has 9 N–H and O–H groups in total. The van der Waals surface area contributed by atoms with Crippen molar-refractivity contribution in [3.05, 3.63) is 36.0 Å². The molecular weight excluding hydrogens is 478 g/mol. The number of carbonyl (C=O) groups is 6. The topological polar surface area (TPSA) is 241 Å². The van der Waals surface area contributed by atoms with Gasteiger partial charge in [0.1, 0.15) is 18.6 Å². The fraction of sp³-hybridized carbons (Fsp3) is 0.364. The molecule has 1 heterocycles. The van der Waals surface area contributed by atoms with Gasteiger partial charge in [0.05, 0.1) is 12.5 Å². The fourth-order valence-electron chi connectivity index (χ4n) is 3.39. The number of hydrogen-bond acceptors (Lipinski definition) is 7. The van der Waals surface area contributed by atoms with Crippen LogP contribution in [0.2, 0.25) is 0 Å². The van der Waals surface area contributed by atoms with Gasteiger partial charge in [0.15, 0.2) is 0 Å². The lowest BCUT2D eigenvalue weighted by atomic mass is 10.0. The van der Waals surface area contributed by atoms with E-state index in [1.165, 1.54) is 0 Å². The minimum absolute atomic E-state index is 0.0996. The third-order valence-corrected chi connectivity index (χ3v) is 5.16. The molecular formula is C22H27N5O9. The predicted molar refractivity (Wildman–Crippen MR) is 124 cm³/mol. The molecule has 0 aliphatic rings. The fourth-order valence-corrected chi connectivity index (χ4v) is 3.39. The van der Waals surface area contributed by atoms with Crippen LogP contribution in [-0.2, 0) is 35.2 Å². The second-order valence-corrected chi connectivity index (χ2v) is 7.93. The van der Waals surface area contributed by atoms with Gasteiger partial charge in [-0.2, -0.15) is 0 Å². The highest BCUT2D eigenvalue weighted by molar-refractivity contribution is 5.95. The zero-order valence-corrected chi connectivity index (χ0v) is 19.0. The number of carboxylic acid groups (broad SMARTS) is 3. The molecule has 2 rings (SSSR count). The van der Waals surface area contributed by atoms with Crippen LogP contribution in [0.3, 0.4) is 0 Å². The lowest BCUT2D eigenvalue weighted by molar-refractivity contribution is -0.141. The van der Waals surface area contributed by atoms with Crippen LogP contribution < -0.4 is 21.7 Å². The summed E-state index contributed by atoms with van der Waals surface area (Å²) in [5.41, 5.74) is 7.60. The quantitative estimate of drug-likeness (QED) is 0.148. The normalized spacial score (nSPS) is 13.2. The zero-order valence-electron chi connectivity index (χ0n) is 19.0. The summed E-state index contributed by atoms with van der Waals surface area (Å²) in [6, 6.07) is 3.10. The Labute approximate surface area is 204 Å². The second-order valence-electron chi connectivity index (χ2n) is 7.93. The van der Waals surface area contributed by atoms with Crippen molar-refractivity contribution >= 4 is 46.5 Å². The first-order valence-corrected chi connectivity index (χ1v) is 10.8. The van der Waals surface area contributed by atoms with Gasteiger partial charge in [0, 0.05) is 23.5 Å². The van der Waals surface area contributed by atoms with E-state index in [2.05, 4.69) is 15.6 Å². The number of nitrogens with one attached hydrogen (secondary N) is 4. The number of aromatic amines is 1. The lowest BCUT2D eigenvalue weighted by Crippen LogP contribution is -2.56. The first-order valence-electron chi connectivity index (χ1n) is 10.8. The maximum Gasteiger partial charge on any atom is 0.322 e. The Bertz CT molecular complexity index is 1150. The average Bonchev–Trinajstić information content (AvgIpc) is 3.21. The smallest absolute Gasteiger partial charge is 0.322 e. The van der Waals surface area contributed by atoms with Gasteiger partial charge in [0.2, 0.25) is 17.7 Å². The van der Waals surface area contributed by atoms with Crippen molar-refractivity contribution in [2.24, 2.45) is 5.73 Å². The Morgan fingerprint density at radius 3 is 2.17 bits per heavy atom. The number of carbonyl (C=O) groups excluding carboxylic acids is 3. The number of rotatable bonds is 14. The van der Waals surface area contributed by atoms with Gasteiger partial charge in [-0.3, -0.25) is 28.8 Å². The van der Waals surface area contributed by atoms with Crippen LogP contribution in [0.25, 0.3) is 10.9 Å². The Morgan fingerprint density at radius 2 is 1.53 bits per heavy atom. The molecule has 0 radical (unpaired) electrons. The molecule has 0 aliphatic carbocycles. The highest BCUT2D eigenvalue weighted by Gasteiger charge is 2.30. The number of aliphatic carboxylic acids is 3. The minimum Gasteiger partial charge on any atom is -0.481 e. The summed E-state index contributed by atoms with van der Waals surface area (Å²) in [7, 11) is 0. The molecule has 0 bridgehead atoms. The third-order valence-electron chi connectivity index (χ3n) is 5.16. The number of hydrogen-bond donors (Lipinski definition) is 8. The summed E-state index contributed by atoms with van der Waals surface area (Å²) in [6.07, 6.45) is 0.0198. The number of aromatic nitrogens is 1. The number of nitrogens with two attached hydrogens (primary N) is 1. The van der Waals surface area contributed by atoms with Crippen LogP contribution in [0.1, 0.15) is 24.8 Å². The molecule has 0 spiro atoms. The van der Waals surface area contributed by atoms with E-state index in [4.69, 9.17) is 21.1 Å². The first kappa shape index (κ1) is 27.8. The van der Waals surface area contributed by atoms with Crippen molar-refractivity contribution in [3.8, 4) is 0 Å². The Kier molecular flexibility index (Phi) is 9.92. The number of fused-ring (bicyclic) bond motifs is 1. The van der Waals surface area contributed by atoms with Crippen LogP contribution in [0.5, 0.6) is 0 Å². The van der Waals surface area contributed by atoms with E-state index >= 15 is 0 Å². The van der Waals surface area contributed by atoms with E-state index in [0.29, 0.717) is 0 Å². The molecule has 14 heteroatoms. The van der Waals surface area contributed by atoms with Gasteiger partial charge >= 0.3 is 17.9 Å². The van der Waals surface area contributed by atoms with E-state index in [0.717, 1.165) is 16.5 Å². The van der Waals surface area contributed by atoms with Crippen LogP contribution in [0.4, 0.5) is 0 Å². The van der Waals surface area contributed by atoms with Gasteiger partial charge in [0.25, 0.3) is 0 Å². The molecule has 2 aromatic rings. The molecule has 0 aliphatic heterocycles. The summed E-state index contributed by atoms with van der Waals surface area (Å²) >= 11 is 0. The van der Waals surface area contributed by atoms with Crippen LogP contribution in [0, 0.1) is 0 Å². The molecule has 36 heavy (non-hydrogen) atoms. The van der Waals surface area contributed by atoms with Gasteiger partial charge in [-0.05, 0) is 24.5 Å². The molecule has 3 amide bonds. The van der Waals surface area contributed by atoms with Gasteiger partial charge in [-0.1, -0.05) is 18.2 Å². The monoisotopic (exact) mass is 505 g/mol. The number of H-pyrrole nitrogens is 1. The van der Waals surface area contributed by atoms with Crippen molar-refractivity contribution in [3.63, 3.8) is 0 Å². The molecule has 14 nitrogen and oxygen atoms in total. The van der Waals surface area contributed by atoms with Crippen LogP contribution in [0.15, 0.2) is 30.5 Å². The first-order chi connectivity index (χ1) is 17.0. The molecule has 3 atom stereocenters. The number of carboxylic acids is 3. The predicted octanol–water partition coefficient (Wildman–Crippen LogP) is -1.45. The maximum atomic E-state index is 12.8. The molecule has 0 saturated carbocycles. The van der Waals surface area contributed by atoms with Crippen LogP contribution >= 0.6 is 0 Å². The Morgan fingerprint density at radius 1 is 0.861 bits per heavy atom. The zero-order chi connectivity index (χ0) is 26.8. The third kappa shape index (κ3) is 8.39. The lowest BCUT2D eigenvalue weighted by Gasteiger charge is -2.23. The van der Waals surface area contributed by atoms with Gasteiger partial charge in [-0.15, -0.1) is 0 Å². The van der Waals surface area contributed by atoms with E-state index in [1.807, 2.05) is 29.6 Å². The largest absolute Gasteiger partial charge is 0.481 e. The molecule has 1 aromatic carbocycles. The van der Waals surface area contributed by atoms with Crippen molar-refractivity contribution < 1.29 is 44.1 Å². The summed E-state index contributed by atoms with van der Waals surface area (Å²) in [4.78, 5) is 73.5. The van der Waals surface area contributed by atoms with Crippen molar-refractivity contribution in [1.82, 2.24) is 20.9 Å². The number of amides is 3. The SMILES string of the molecule is NC(Cc1c[nH]c2ccccc12)C(=O)NC(CCC(=O)O)C(=O)NC(CC(=O)O)C(=O)NCC(=O)O. The summed E-state index contributed by atoms with van der Waals surface area (Å²) in [5.74, 6) is -6.98. The van der Waals surface area contributed by atoms with Crippen molar-refractivity contribution in [2.75, 3.05) is 6.54 Å². The molecule has 0 fully saturated rings.